The van der Waals surface area contributed by atoms with E-state index in [9.17, 15) is 22.8 Å². The predicted molar refractivity (Wildman–Crippen MR) is 95.9 cm³/mol. The summed E-state index contributed by atoms with van der Waals surface area (Å²) >= 11 is 1.83. The zero-order chi connectivity index (χ0) is 19.5. The Labute approximate surface area is 161 Å². The van der Waals surface area contributed by atoms with Gasteiger partial charge in [-0.05, 0) is 54.1 Å². The molecule has 2 rings (SSSR count). The number of H-pyrrole nitrogens is 1. The van der Waals surface area contributed by atoms with Crippen LogP contribution in [0.1, 0.15) is 40.3 Å². The predicted octanol–water partition coefficient (Wildman–Crippen LogP) is 4.66. The maximum absolute atomic E-state index is 12.8. The molecule has 0 aliphatic carbocycles. The second kappa shape index (κ2) is 8.11. The number of halogens is 4. The van der Waals surface area contributed by atoms with Gasteiger partial charge in [0.1, 0.15) is 5.69 Å². The number of nitrogens with one attached hydrogen (secondary N) is 1. The molecule has 1 heterocycles. The summed E-state index contributed by atoms with van der Waals surface area (Å²) in [4.78, 5) is 27.3. The summed E-state index contributed by atoms with van der Waals surface area (Å²) < 4.78 is 48.7. The van der Waals surface area contributed by atoms with Gasteiger partial charge >= 0.3 is 18.1 Å². The van der Waals surface area contributed by atoms with Crippen LogP contribution in [0.2, 0.25) is 0 Å². The summed E-state index contributed by atoms with van der Waals surface area (Å²) in [5, 5.41) is 0. The van der Waals surface area contributed by atoms with Crippen molar-refractivity contribution in [1.82, 2.24) is 4.98 Å². The molecule has 1 aromatic heterocycles. The standard InChI is InChI=1S/C17H15F3INO4/c1-3-25-15(23)12-11(13(22-14(12)21)16(24)26-4-2)9-5-7-10(8-6-9)17(18,19)20/h5-8,22H,3-4H2,1-2H3. The van der Waals surface area contributed by atoms with Crippen LogP contribution in [0.4, 0.5) is 13.2 Å². The Morgan fingerprint density at radius 3 is 2.08 bits per heavy atom. The molecule has 0 amide bonds. The van der Waals surface area contributed by atoms with E-state index in [0.717, 1.165) is 12.1 Å². The van der Waals surface area contributed by atoms with E-state index in [2.05, 4.69) is 4.98 Å². The molecule has 2 aromatic rings. The number of esters is 2. The molecule has 5 nitrogen and oxygen atoms in total. The van der Waals surface area contributed by atoms with Crippen molar-refractivity contribution in [3.8, 4) is 11.1 Å². The Morgan fingerprint density at radius 1 is 1.04 bits per heavy atom. The molecule has 0 saturated heterocycles. The number of carbonyl (C=O) groups excluding carboxylic acids is 2. The van der Waals surface area contributed by atoms with Crippen LogP contribution < -0.4 is 0 Å². The summed E-state index contributed by atoms with van der Waals surface area (Å²) in [6, 6.07) is 4.18. The molecule has 0 spiro atoms. The fourth-order valence-corrected chi connectivity index (χ4v) is 3.09. The van der Waals surface area contributed by atoms with Crippen LogP contribution in [0.15, 0.2) is 24.3 Å². The van der Waals surface area contributed by atoms with Crippen LogP contribution in [0.5, 0.6) is 0 Å². The minimum Gasteiger partial charge on any atom is -0.462 e. The molecule has 0 fully saturated rings. The molecule has 0 unspecified atom stereocenters. The quantitative estimate of drug-likeness (QED) is 0.499. The Balaban J connectivity index is 2.63. The highest BCUT2D eigenvalue weighted by molar-refractivity contribution is 14.1. The van der Waals surface area contributed by atoms with Crippen molar-refractivity contribution in [1.29, 1.82) is 0 Å². The van der Waals surface area contributed by atoms with E-state index in [1.54, 1.807) is 13.8 Å². The molecule has 0 atom stereocenters. The monoisotopic (exact) mass is 481 g/mol. The van der Waals surface area contributed by atoms with E-state index in [1.165, 1.54) is 12.1 Å². The number of alkyl halides is 3. The normalized spacial score (nSPS) is 11.3. The first-order valence-electron chi connectivity index (χ1n) is 7.64. The van der Waals surface area contributed by atoms with Gasteiger partial charge in [-0.25, -0.2) is 9.59 Å². The van der Waals surface area contributed by atoms with Gasteiger partial charge in [0.2, 0.25) is 0 Å². The minimum atomic E-state index is -4.49. The fourth-order valence-electron chi connectivity index (χ4n) is 2.34. The third-order valence-electron chi connectivity index (χ3n) is 3.41. The van der Waals surface area contributed by atoms with E-state index in [4.69, 9.17) is 9.47 Å². The molecule has 1 N–H and O–H groups in total. The van der Waals surface area contributed by atoms with Gasteiger partial charge in [0.15, 0.2) is 0 Å². The first-order chi connectivity index (χ1) is 12.2. The Kier molecular flexibility index (Phi) is 6.32. The number of aromatic amines is 1. The third-order valence-corrected chi connectivity index (χ3v) is 4.22. The van der Waals surface area contributed by atoms with Gasteiger partial charge in [-0.3, -0.25) is 0 Å². The average Bonchev–Trinajstić information content (AvgIpc) is 2.92. The molecule has 26 heavy (non-hydrogen) atoms. The second-order valence-electron chi connectivity index (χ2n) is 5.08. The van der Waals surface area contributed by atoms with E-state index in [1.807, 2.05) is 22.6 Å². The van der Waals surface area contributed by atoms with E-state index in [0.29, 0.717) is 3.70 Å². The molecule has 9 heteroatoms. The molecule has 0 radical (unpaired) electrons. The van der Waals surface area contributed by atoms with Crippen molar-refractivity contribution in [2.45, 2.75) is 20.0 Å². The van der Waals surface area contributed by atoms with Gasteiger partial charge in [0, 0.05) is 5.56 Å². The minimum absolute atomic E-state index is 0.0148. The lowest BCUT2D eigenvalue weighted by Crippen LogP contribution is -2.09. The first kappa shape index (κ1) is 20.3. The van der Waals surface area contributed by atoms with Gasteiger partial charge < -0.3 is 14.5 Å². The summed E-state index contributed by atoms with van der Waals surface area (Å²) in [5.41, 5.74) is -0.348. The molecule has 0 bridgehead atoms. The lowest BCUT2D eigenvalue weighted by Gasteiger charge is -2.10. The van der Waals surface area contributed by atoms with Gasteiger partial charge in [0.25, 0.3) is 0 Å². The Morgan fingerprint density at radius 2 is 1.58 bits per heavy atom. The number of benzene rings is 1. The molecular weight excluding hydrogens is 466 g/mol. The summed E-state index contributed by atoms with van der Waals surface area (Å²) in [7, 11) is 0. The maximum atomic E-state index is 12.8. The highest BCUT2D eigenvalue weighted by Gasteiger charge is 2.32. The molecule has 1 aromatic carbocycles. The average molecular weight is 481 g/mol. The zero-order valence-electron chi connectivity index (χ0n) is 13.9. The smallest absolute Gasteiger partial charge is 0.416 e. The highest BCUT2D eigenvalue weighted by Crippen LogP contribution is 2.35. The number of aromatic nitrogens is 1. The van der Waals surface area contributed by atoms with Crippen LogP contribution in [0.3, 0.4) is 0 Å². The number of hydrogen-bond donors (Lipinski definition) is 1. The van der Waals surface area contributed by atoms with Crippen molar-refractivity contribution in [3.05, 3.63) is 44.8 Å². The van der Waals surface area contributed by atoms with Gasteiger partial charge in [0.05, 0.1) is 28.0 Å². The topological polar surface area (TPSA) is 68.4 Å². The summed E-state index contributed by atoms with van der Waals surface area (Å²) in [6.07, 6.45) is -4.49. The Hall–Kier alpha value is -2.04. The molecule has 0 aliphatic rings. The van der Waals surface area contributed by atoms with Crippen molar-refractivity contribution in [3.63, 3.8) is 0 Å². The van der Waals surface area contributed by atoms with E-state index < -0.39 is 23.7 Å². The zero-order valence-corrected chi connectivity index (χ0v) is 16.0. The largest absolute Gasteiger partial charge is 0.462 e. The Bertz CT molecular complexity index is 813. The van der Waals surface area contributed by atoms with E-state index >= 15 is 0 Å². The van der Waals surface area contributed by atoms with Crippen molar-refractivity contribution in [2.24, 2.45) is 0 Å². The first-order valence-corrected chi connectivity index (χ1v) is 8.71. The van der Waals surface area contributed by atoms with Crippen LogP contribution >= 0.6 is 22.6 Å². The molecule has 0 saturated carbocycles. The number of hydrogen-bond acceptors (Lipinski definition) is 4. The van der Waals surface area contributed by atoms with Gasteiger partial charge in [-0.15, -0.1) is 0 Å². The number of carbonyl (C=O) groups is 2. The number of rotatable bonds is 5. The highest BCUT2D eigenvalue weighted by atomic mass is 127. The van der Waals surface area contributed by atoms with Crippen LogP contribution in [0.25, 0.3) is 11.1 Å². The molecule has 0 aliphatic heterocycles. The summed E-state index contributed by atoms with van der Waals surface area (Å²) in [5.74, 6) is -1.39. The van der Waals surface area contributed by atoms with Crippen molar-refractivity contribution < 1.29 is 32.2 Å². The van der Waals surface area contributed by atoms with Crippen LogP contribution in [-0.4, -0.2) is 30.1 Å². The summed E-state index contributed by atoms with van der Waals surface area (Å²) in [6.45, 7) is 3.47. The van der Waals surface area contributed by atoms with Gasteiger partial charge in [-0.1, -0.05) is 12.1 Å². The van der Waals surface area contributed by atoms with Gasteiger partial charge in [-0.2, -0.15) is 13.2 Å². The maximum Gasteiger partial charge on any atom is 0.416 e. The SMILES string of the molecule is CCOC(=O)c1[nH]c(I)c(C(=O)OCC)c1-c1ccc(C(F)(F)F)cc1. The van der Waals surface area contributed by atoms with Crippen LogP contribution in [0, 0.1) is 3.70 Å². The molecule has 140 valence electrons. The molecular formula is C17H15F3INO4. The van der Waals surface area contributed by atoms with Crippen LogP contribution in [-0.2, 0) is 15.7 Å². The second-order valence-corrected chi connectivity index (χ2v) is 6.16. The lowest BCUT2D eigenvalue weighted by molar-refractivity contribution is -0.137. The third kappa shape index (κ3) is 4.19. The van der Waals surface area contributed by atoms with Crippen molar-refractivity contribution in [2.75, 3.05) is 13.2 Å². The number of ether oxygens (including phenoxy) is 2. The van der Waals surface area contributed by atoms with Crippen molar-refractivity contribution >= 4 is 34.5 Å². The van der Waals surface area contributed by atoms with E-state index in [-0.39, 0.29) is 35.6 Å². The fraction of sp³-hybridized carbons (Fsp3) is 0.294. The lowest BCUT2D eigenvalue weighted by atomic mass is 10.00.